The van der Waals surface area contributed by atoms with Gasteiger partial charge in [-0.1, -0.05) is 0 Å². The zero-order valence-corrected chi connectivity index (χ0v) is 10.6. The standard InChI is InChI=1S/C9H11ClN2O4S/c1-5-8(17(10,14)15)7(12-11-5)9(13)16-6-3-2-4-6/h6H,2-4H2,1H3,(H,11,12). The van der Waals surface area contributed by atoms with E-state index in [1.54, 1.807) is 0 Å². The number of rotatable bonds is 3. The van der Waals surface area contributed by atoms with Gasteiger partial charge in [-0.3, -0.25) is 5.10 Å². The molecule has 0 atom stereocenters. The van der Waals surface area contributed by atoms with Crippen LogP contribution in [0.5, 0.6) is 0 Å². The monoisotopic (exact) mass is 278 g/mol. The summed E-state index contributed by atoms with van der Waals surface area (Å²) < 4.78 is 27.7. The maximum Gasteiger partial charge on any atom is 0.360 e. The summed E-state index contributed by atoms with van der Waals surface area (Å²) in [5.74, 6) is -0.752. The zero-order chi connectivity index (χ0) is 12.6. The van der Waals surface area contributed by atoms with Crippen LogP contribution in [0.4, 0.5) is 0 Å². The third-order valence-electron chi connectivity index (χ3n) is 2.65. The molecular formula is C9H11ClN2O4S. The number of aromatic amines is 1. The number of nitrogens with zero attached hydrogens (tertiary/aromatic N) is 1. The van der Waals surface area contributed by atoms with E-state index in [0.717, 1.165) is 19.3 Å². The number of nitrogens with one attached hydrogen (secondary N) is 1. The van der Waals surface area contributed by atoms with E-state index in [2.05, 4.69) is 10.2 Å². The molecule has 1 aliphatic rings. The summed E-state index contributed by atoms with van der Waals surface area (Å²) >= 11 is 0. The summed E-state index contributed by atoms with van der Waals surface area (Å²) in [7, 11) is 1.23. The molecule has 0 unspecified atom stereocenters. The van der Waals surface area contributed by atoms with Gasteiger partial charge in [0.2, 0.25) is 0 Å². The van der Waals surface area contributed by atoms with Crippen LogP contribution in [0.3, 0.4) is 0 Å². The third-order valence-corrected chi connectivity index (χ3v) is 4.10. The van der Waals surface area contributed by atoms with E-state index >= 15 is 0 Å². The minimum Gasteiger partial charge on any atom is -0.458 e. The Bertz CT molecular complexity index is 547. The topological polar surface area (TPSA) is 89.1 Å². The van der Waals surface area contributed by atoms with Crippen molar-refractivity contribution in [3.05, 3.63) is 11.4 Å². The highest BCUT2D eigenvalue weighted by molar-refractivity contribution is 8.13. The van der Waals surface area contributed by atoms with E-state index < -0.39 is 15.0 Å². The molecule has 1 fully saturated rings. The molecule has 1 heterocycles. The normalized spacial score (nSPS) is 16.6. The highest BCUT2D eigenvalue weighted by Gasteiger charge is 2.30. The number of esters is 1. The van der Waals surface area contributed by atoms with E-state index in [1.807, 2.05) is 0 Å². The molecule has 1 saturated carbocycles. The first-order chi connectivity index (χ1) is 7.89. The van der Waals surface area contributed by atoms with E-state index in [1.165, 1.54) is 6.92 Å². The minimum atomic E-state index is -4.01. The van der Waals surface area contributed by atoms with Crippen LogP contribution in [0.15, 0.2) is 4.90 Å². The Balaban J connectivity index is 2.29. The number of H-pyrrole nitrogens is 1. The fraction of sp³-hybridized carbons (Fsp3) is 0.556. The summed E-state index contributed by atoms with van der Waals surface area (Å²) in [6, 6.07) is 0. The fourth-order valence-electron chi connectivity index (χ4n) is 1.55. The highest BCUT2D eigenvalue weighted by atomic mass is 35.7. The lowest BCUT2D eigenvalue weighted by Crippen LogP contribution is -2.25. The van der Waals surface area contributed by atoms with Crippen molar-refractivity contribution in [3.63, 3.8) is 0 Å². The van der Waals surface area contributed by atoms with Gasteiger partial charge in [-0.2, -0.15) is 5.10 Å². The smallest absolute Gasteiger partial charge is 0.360 e. The van der Waals surface area contributed by atoms with Gasteiger partial charge in [0.25, 0.3) is 9.05 Å². The summed E-state index contributed by atoms with van der Waals surface area (Å²) in [5.41, 5.74) is -0.0510. The second-order valence-electron chi connectivity index (χ2n) is 3.92. The van der Waals surface area contributed by atoms with Crippen LogP contribution in [0.1, 0.15) is 35.4 Å². The van der Waals surface area contributed by atoms with Gasteiger partial charge in [0.15, 0.2) is 5.69 Å². The summed E-state index contributed by atoms with van der Waals surface area (Å²) in [5, 5.41) is 6.05. The highest BCUT2D eigenvalue weighted by Crippen LogP contribution is 2.26. The molecule has 8 heteroatoms. The lowest BCUT2D eigenvalue weighted by atomic mass is 9.96. The number of ether oxygens (including phenoxy) is 1. The Morgan fingerprint density at radius 1 is 1.53 bits per heavy atom. The van der Waals surface area contributed by atoms with E-state index in [4.69, 9.17) is 15.4 Å². The molecule has 1 aromatic rings. The van der Waals surface area contributed by atoms with Crippen molar-refractivity contribution in [3.8, 4) is 0 Å². The molecule has 1 aliphatic carbocycles. The van der Waals surface area contributed by atoms with Gasteiger partial charge in [-0.15, -0.1) is 0 Å². The molecule has 6 nitrogen and oxygen atoms in total. The van der Waals surface area contributed by atoms with E-state index in [0.29, 0.717) is 0 Å². The van der Waals surface area contributed by atoms with Gasteiger partial charge in [0, 0.05) is 10.7 Å². The Morgan fingerprint density at radius 2 is 2.18 bits per heavy atom. The molecular weight excluding hydrogens is 268 g/mol. The quantitative estimate of drug-likeness (QED) is 0.666. The second-order valence-corrected chi connectivity index (χ2v) is 6.43. The SMILES string of the molecule is Cc1[nH]nc(C(=O)OC2CCC2)c1S(=O)(=O)Cl. The number of halogens is 1. The van der Waals surface area contributed by atoms with Crippen LogP contribution >= 0.6 is 10.7 Å². The molecule has 0 spiro atoms. The number of carbonyl (C=O) groups excluding carboxylic acids is 1. The predicted octanol–water partition coefficient (Wildman–Crippen LogP) is 1.35. The van der Waals surface area contributed by atoms with Gasteiger partial charge >= 0.3 is 5.97 Å². The van der Waals surface area contributed by atoms with E-state index in [9.17, 15) is 13.2 Å². The van der Waals surface area contributed by atoms with Crippen molar-refractivity contribution in [1.29, 1.82) is 0 Å². The maximum absolute atomic E-state index is 11.7. The number of carbonyl (C=O) groups is 1. The predicted molar refractivity (Wildman–Crippen MR) is 59.4 cm³/mol. The van der Waals surface area contributed by atoms with Crippen LogP contribution < -0.4 is 0 Å². The second kappa shape index (κ2) is 4.30. The van der Waals surface area contributed by atoms with Gasteiger partial charge < -0.3 is 4.74 Å². The average molecular weight is 279 g/mol. The summed E-state index contributed by atoms with van der Waals surface area (Å²) in [6.07, 6.45) is 2.49. The van der Waals surface area contributed by atoms with Crippen molar-refractivity contribution in [2.45, 2.75) is 37.2 Å². The van der Waals surface area contributed by atoms with Crippen LogP contribution in [-0.2, 0) is 13.8 Å². The van der Waals surface area contributed by atoms with Crippen molar-refractivity contribution in [2.24, 2.45) is 0 Å². The Kier molecular flexibility index (Phi) is 3.13. The average Bonchev–Trinajstić information content (AvgIpc) is 2.52. The summed E-state index contributed by atoms with van der Waals surface area (Å²) in [6.45, 7) is 1.47. The molecule has 94 valence electrons. The Labute approximate surface area is 103 Å². The minimum absolute atomic E-state index is 0.134. The lowest BCUT2D eigenvalue weighted by molar-refractivity contribution is 0.00795. The third kappa shape index (κ3) is 2.44. The first-order valence-corrected chi connectivity index (χ1v) is 7.41. The van der Waals surface area contributed by atoms with Gasteiger partial charge in [0.05, 0.1) is 5.69 Å². The van der Waals surface area contributed by atoms with Crippen molar-refractivity contribution in [2.75, 3.05) is 0 Å². The molecule has 0 radical (unpaired) electrons. The van der Waals surface area contributed by atoms with Gasteiger partial charge in [-0.05, 0) is 26.2 Å². The molecule has 2 rings (SSSR count). The summed E-state index contributed by atoms with van der Waals surface area (Å²) in [4.78, 5) is 11.4. The maximum atomic E-state index is 11.7. The number of hydrogen-bond acceptors (Lipinski definition) is 5. The molecule has 1 N–H and O–H groups in total. The number of aryl methyl sites for hydroxylation is 1. The van der Waals surface area contributed by atoms with Crippen LogP contribution in [0.25, 0.3) is 0 Å². The van der Waals surface area contributed by atoms with Crippen molar-refractivity contribution >= 4 is 25.7 Å². The fourth-order valence-corrected chi connectivity index (χ4v) is 2.89. The molecule has 0 bridgehead atoms. The molecule has 0 saturated heterocycles. The van der Waals surface area contributed by atoms with Gasteiger partial charge in [-0.25, -0.2) is 13.2 Å². The number of hydrogen-bond donors (Lipinski definition) is 1. The molecule has 17 heavy (non-hydrogen) atoms. The largest absolute Gasteiger partial charge is 0.458 e. The van der Waals surface area contributed by atoms with Crippen molar-refractivity contribution < 1.29 is 17.9 Å². The van der Waals surface area contributed by atoms with E-state index in [-0.39, 0.29) is 22.4 Å². The Morgan fingerprint density at radius 3 is 2.65 bits per heavy atom. The molecule has 0 amide bonds. The number of aromatic nitrogens is 2. The van der Waals surface area contributed by atoms with Crippen molar-refractivity contribution in [1.82, 2.24) is 10.2 Å². The van der Waals surface area contributed by atoms with Gasteiger partial charge in [0.1, 0.15) is 11.0 Å². The van der Waals surface area contributed by atoms with Crippen LogP contribution in [-0.4, -0.2) is 30.7 Å². The first-order valence-electron chi connectivity index (χ1n) is 5.10. The lowest BCUT2D eigenvalue weighted by Gasteiger charge is -2.24. The zero-order valence-electron chi connectivity index (χ0n) is 9.07. The van der Waals surface area contributed by atoms with Crippen LogP contribution in [0.2, 0.25) is 0 Å². The molecule has 1 aromatic heterocycles. The van der Waals surface area contributed by atoms with Crippen LogP contribution in [0, 0.1) is 6.92 Å². The molecule has 0 aromatic carbocycles. The molecule has 0 aliphatic heterocycles. The first kappa shape index (κ1) is 12.4. The Hall–Kier alpha value is -1.08.